The topological polar surface area (TPSA) is 65.5 Å². The first-order chi connectivity index (χ1) is 10.6. The highest BCUT2D eigenvalue weighted by Crippen LogP contribution is 2.15. The third-order valence-electron chi connectivity index (χ3n) is 3.24. The van der Waals surface area contributed by atoms with E-state index in [-0.39, 0.29) is 18.9 Å². The molecule has 0 aliphatic heterocycles. The van der Waals surface area contributed by atoms with Gasteiger partial charge in [0.1, 0.15) is 5.01 Å². The molecule has 0 spiro atoms. The number of carbonyl (C=O) groups is 1. The Bertz CT molecular complexity index is 627. The lowest BCUT2D eigenvalue weighted by Crippen LogP contribution is -2.21. The summed E-state index contributed by atoms with van der Waals surface area (Å²) in [7, 11) is 1.93. The first kappa shape index (κ1) is 16.6. The number of anilines is 1. The zero-order valence-corrected chi connectivity index (χ0v) is 13.7. The zero-order chi connectivity index (χ0) is 15.9. The Labute approximate surface area is 134 Å². The van der Waals surface area contributed by atoms with Gasteiger partial charge in [0.2, 0.25) is 5.91 Å². The first-order valence-electron chi connectivity index (χ1n) is 7.16. The van der Waals surface area contributed by atoms with E-state index in [2.05, 4.69) is 10.3 Å². The Morgan fingerprint density at radius 3 is 2.91 bits per heavy atom. The van der Waals surface area contributed by atoms with Gasteiger partial charge < -0.3 is 10.4 Å². The van der Waals surface area contributed by atoms with Gasteiger partial charge in [-0.25, -0.2) is 4.98 Å². The summed E-state index contributed by atoms with van der Waals surface area (Å²) in [4.78, 5) is 18.5. The van der Waals surface area contributed by atoms with Crippen LogP contribution in [0.3, 0.4) is 0 Å². The van der Waals surface area contributed by atoms with Gasteiger partial charge in [0.25, 0.3) is 0 Å². The lowest BCUT2D eigenvalue weighted by molar-refractivity contribution is -0.115. The predicted molar refractivity (Wildman–Crippen MR) is 89.0 cm³/mol. The van der Waals surface area contributed by atoms with Gasteiger partial charge in [-0.2, -0.15) is 0 Å². The smallest absolute Gasteiger partial charge is 0.231 e. The summed E-state index contributed by atoms with van der Waals surface area (Å²) in [5.74, 6) is -0.0566. The summed E-state index contributed by atoms with van der Waals surface area (Å²) in [6, 6.07) is 7.71. The monoisotopic (exact) mass is 319 g/mol. The number of likely N-dealkylation sites (N-methyl/N-ethyl adjacent to an activating group) is 1. The third-order valence-corrected chi connectivity index (χ3v) is 4.14. The van der Waals surface area contributed by atoms with Crippen LogP contribution in [0.5, 0.6) is 0 Å². The third kappa shape index (κ3) is 4.91. The molecule has 2 N–H and O–H groups in total. The van der Waals surface area contributed by atoms with E-state index >= 15 is 0 Å². The number of nitrogens with one attached hydrogen (secondary N) is 1. The number of hydrogen-bond donors (Lipinski definition) is 2. The van der Waals surface area contributed by atoms with Crippen LogP contribution in [-0.4, -0.2) is 41.1 Å². The number of aromatic nitrogens is 1. The number of rotatable bonds is 7. The van der Waals surface area contributed by atoms with Crippen LogP contribution in [-0.2, 0) is 17.8 Å². The van der Waals surface area contributed by atoms with E-state index in [1.165, 1.54) is 11.3 Å². The standard InChI is InChI=1S/C16H21N3O2S/c1-12-5-3-4-6-14(12)18-15(21)9-16-17-13(11-22-16)10-19(2)7-8-20/h3-6,11,20H,7-10H2,1-2H3,(H,18,21). The number of aliphatic hydroxyl groups excluding tert-OH is 1. The molecule has 5 nitrogen and oxygen atoms in total. The van der Waals surface area contributed by atoms with E-state index in [1.807, 2.05) is 48.5 Å². The van der Waals surface area contributed by atoms with E-state index in [4.69, 9.17) is 5.11 Å². The van der Waals surface area contributed by atoms with Crippen LogP contribution in [0.4, 0.5) is 5.69 Å². The number of amides is 1. The largest absolute Gasteiger partial charge is 0.395 e. The molecule has 0 aliphatic carbocycles. The van der Waals surface area contributed by atoms with Crippen LogP contribution >= 0.6 is 11.3 Å². The molecule has 0 saturated heterocycles. The number of aryl methyl sites for hydroxylation is 1. The van der Waals surface area contributed by atoms with Crippen molar-refractivity contribution in [2.24, 2.45) is 0 Å². The van der Waals surface area contributed by atoms with Crippen LogP contribution in [0, 0.1) is 6.92 Å². The average molecular weight is 319 g/mol. The van der Waals surface area contributed by atoms with E-state index < -0.39 is 0 Å². The number of nitrogens with zero attached hydrogens (tertiary/aromatic N) is 2. The molecule has 0 saturated carbocycles. The van der Waals surface area contributed by atoms with E-state index in [0.29, 0.717) is 13.1 Å². The molecule has 2 aromatic rings. The average Bonchev–Trinajstić information content (AvgIpc) is 2.88. The molecular weight excluding hydrogens is 298 g/mol. The summed E-state index contributed by atoms with van der Waals surface area (Å²) in [5.41, 5.74) is 2.81. The van der Waals surface area contributed by atoms with Crippen molar-refractivity contribution in [2.75, 3.05) is 25.5 Å². The molecule has 22 heavy (non-hydrogen) atoms. The molecular formula is C16H21N3O2S. The summed E-state index contributed by atoms with van der Waals surface area (Å²) < 4.78 is 0. The van der Waals surface area contributed by atoms with E-state index in [0.717, 1.165) is 22.0 Å². The Balaban J connectivity index is 1.90. The van der Waals surface area contributed by atoms with Crippen LogP contribution in [0.25, 0.3) is 0 Å². The zero-order valence-electron chi connectivity index (χ0n) is 12.9. The van der Waals surface area contributed by atoms with Crippen LogP contribution in [0.1, 0.15) is 16.3 Å². The molecule has 6 heteroatoms. The minimum atomic E-state index is -0.0566. The number of carbonyl (C=O) groups excluding carboxylic acids is 1. The fraction of sp³-hybridized carbons (Fsp3) is 0.375. The van der Waals surface area contributed by atoms with E-state index in [1.54, 1.807) is 0 Å². The molecule has 0 bridgehead atoms. The summed E-state index contributed by atoms with van der Waals surface area (Å²) in [6.45, 7) is 3.39. The number of para-hydroxylation sites is 1. The number of thiazole rings is 1. The molecule has 2 rings (SSSR count). The molecule has 0 aliphatic rings. The van der Waals surface area contributed by atoms with Gasteiger partial charge in [0, 0.05) is 24.2 Å². The fourth-order valence-electron chi connectivity index (χ4n) is 2.07. The summed E-state index contributed by atoms with van der Waals surface area (Å²) >= 11 is 1.49. The predicted octanol–water partition coefficient (Wildman–Crippen LogP) is 2.06. The van der Waals surface area contributed by atoms with Gasteiger partial charge >= 0.3 is 0 Å². The Morgan fingerprint density at radius 2 is 2.18 bits per heavy atom. The lowest BCUT2D eigenvalue weighted by atomic mass is 10.2. The molecule has 0 fully saturated rings. The molecule has 0 radical (unpaired) electrons. The molecule has 118 valence electrons. The quantitative estimate of drug-likeness (QED) is 0.820. The highest BCUT2D eigenvalue weighted by Gasteiger charge is 2.10. The van der Waals surface area contributed by atoms with Gasteiger partial charge in [-0.1, -0.05) is 18.2 Å². The molecule has 1 aromatic heterocycles. The van der Waals surface area contributed by atoms with Gasteiger partial charge in [-0.15, -0.1) is 11.3 Å². The van der Waals surface area contributed by atoms with Crippen molar-refractivity contribution in [3.8, 4) is 0 Å². The highest BCUT2D eigenvalue weighted by molar-refractivity contribution is 7.09. The maximum absolute atomic E-state index is 12.1. The van der Waals surface area contributed by atoms with Crippen molar-refractivity contribution in [3.05, 3.63) is 45.9 Å². The minimum absolute atomic E-state index is 0.0566. The van der Waals surface area contributed by atoms with Crippen molar-refractivity contribution < 1.29 is 9.90 Å². The SMILES string of the molecule is Cc1ccccc1NC(=O)Cc1nc(CN(C)CCO)cs1. The summed E-state index contributed by atoms with van der Waals surface area (Å²) in [6.07, 6.45) is 0.280. The number of aliphatic hydroxyl groups is 1. The van der Waals surface area contributed by atoms with Gasteiger partial charge in [-0.05, 0) is 25.6 Å². The van der Waals surface area contributed by atoms with E-state index in [9.17, 15) is 4.79 Å². The molecule has 0 atom stereocenters. The second kappa shape index (κ2) is 8.03. The second-order valence-corrected chi connectivity index (χ2v) is 6.18. The molecule has 0 unspecified atom stereocenters. The Hall–Kier alpha value is -1.76. The molecule has 1 aromatic carbocycles. The Morgan fingerprint density at radius 1 is 1.41 bits per heavy atom. The normalized spacial score (nSPS) is 10.9. The van der Waals surface area contributed by atoms with Gasteiger partial charge in [0.05, 0.1) is 18.7 Å². The van der Waals surface area contributed by atoms with Crippen LogP contribution in [0.2, 0.25) is 0 Å². The molecule has 1 amide bonds. The Kier molecular flexibility index (Phi) is 6.06. The highest BCUT2D eigenvalue weighted by atomic mass is 32.1. The first-order valence-corrected chi connectivity index (χ1v) is 8.04. The lowest BCUT2D eigenvalue weighted by Gasteiger charge is -2.12. The molecule has 1 heterocycles. The summed E-state index contributed by atoms with van der Waals surface area (Å²) in [5, 5.41) is 14.6. The van der Waals surface area contributed by atoms with Crippen molar-refractivity contribution in [1.82, 2.24) is 9.88 Å². The van der Waals surface area contributed by atoms with Gasteiger partial charge in [-0.3, -0.25) is 9.69 Å². The van der Waals surface area contributed by atoms with Crippen molar-refractivity contribution in [2.45, 2.75) is 19.9 Å². The van der Waals surface area contributed by atoms with Crippen molar-refractivity contribution >= 4 is 22.9 Å². The number of benzene rings is 1. The minimum Gasteiger partial charge on any atom is -0.395 e. The second-order valence-electron chi connectivity index (χ2n) is 5.23. The van der Waals surface area contributed by atoms with Crippen LogP contribution in [0.15, 0.2) is 29.6 Å². The van der Waals surface area contributed by atoms with Crippen molar-refractivity contribution in [1.29, 1.82) is 0 Å². The van der Waals surface area contributed by atoms with Gasteiger partial charge in [0.15, 0.2) is 0 Å². The fourth-order valence-corrected chi connectivity index (χ4v) is 2.86. The van der Waals surface area contributed by atoms with Crippen molar-refractivity contribution in [3.63, 3.8) is 0 Å². The van der Waals surface area contributed by atoms with Crippen LogP contribution < -0.4 is 5.32 Å². The number of hydrogen-bond acceptors (Lipinski definition) is 5. The maximum Gasteiger partial charge on any atom is 0.231 e. The maximum atomic E-state index is 12.1.